The van der Waals surface area contributed by atoms with Gasteiger partial charge in [0.25, 0.3) is 5.91 Å². The van der Waals surface area contributed by atoms with E-state index in [4.69, 9.17) is 4.42 Å². The monoisotopic (exact) mass is 404 g/mol. The molecular formula is C22H20N4O2S. The van der Waals surface area contributed by atoms with Crippen LogP contribution in [0.3, 0.4) is 0 Å². The normalized spacial score (nSPS) is 18.9. The lowest BCUT2D eigenvalue weighted by Gasteiger charge is -2.33. The van der Waals surface area contributed by atoms with E-state index in [1.54, 1.807) is 17.7 Å². The summed E-state index contributed by atoms with van der Waals surface area (Å²) in [4.78, 5) is 28.7. The van der Waals surface area contributed by atoms with E-state index in [1.165, 1.54) is 12.8 Å². The number of aryl methyl sites for hydroxylation is 1. The smallest absolute Gasteiger partial charge is 0.266 e. The number of rotatable bonds is 3. The standard InChI is InChI=1S/C22H20N4O2S/c1-12-20(29-21(25-12)13-6-7-13)22(27)26-9-8-15-18(24-11-23-15)19(26)17-10-14-4-2-3-5-16(14)28-17/h2-5,10-11,13,19H,6-9H2,1H3,(H,23,24)/t19-/m1/s1. The summed E-state index contributed by atoms with van der Waals surface area (Å²) in [6.07, 6.45) is 4.83. The molecule has 3 aromatic heterocycles. The van der Waals surface area contributed by atoms with E-state index in [0.29, 0.717) is 12.5 Å². The SMILES string of the molecule is Cc1nc(C2CC2)sc1C(=O)N1CCc2[nH]cnc2[C@H]1c1cc2ccccc2o1. The van der Waals surface area contributed by atoms with Gasteiger partial charge in [-0.15, -0.1) is 11.3 Å². The van der Waals surface area contributed by atoms with E-state index in [9.17, 15) is 4.79 Å². The van der Waals surface area contributed by atoms with Crippen LogP contribution >= 0.6 is 11.3 Å². The quantitative estimate of drug-likeness (QED) is 0.542. The Kier molecular flexibility index (Phi) is 3.68. The number of amides is 1. The molecule has 6 rings (SSSR count). The molecule has 1 aliphatic carbocycles. The molecule has 2 aliphatic rings. The summed E-state index contributed by atoms with van der Waals surface area (Å²) in [5, 5.41) is 2.13. The largest absolute Gasteiger partial charge is 0.458 e. The molecule has 1 atom stereocenters. The van der Waals surface area contributed by atoms with Crippen LogP contribution in [0.15, 0.2) is 41.1 Å². The fraction of sp³-hybridized carbons (Fsp3) is 0.318. The number of hydrogen-bond acceptors (Lipinski definition) is 5. The number of furan rings is 1. The summed E-state index contributed by atoms with van der Waals surface area (Å²) >= 11 is 1.56. The number of carbonyl (C=O) groups is 1. The van der Waals surface area contributed by atoms with Gasteiger partial charge in [0.05, 0.1) is 22.7 Å². The molecule has 0 radical (unpaired) electrons. The lowest BCUT2D eigenvalue weighted by Crippen LogP contribution is -2.40. The Morgan fingerprint density at radius 3 is 3.00 bits per heavy atom. The van der Waals surface area contributed by atoms with E-state index < -0.39 is 0 Å². The highest BCUT2D eigenvalue weighted by Crippen LogP contribution is 2.43. The Labute approximate surface area is 171 Å². The number of aromatic nitrogens is 3. The van der Waals surface area contributed by atoms with Crippen LogP contribution in [-0.2, 0) is 6.42 Å². The molecule has 1 amide bonds. The van der Waals surface area contributed by atoms with Crippen LogP contribution in [0.1, 0.15) is 62.3 Å². The molecule has 4 aromatic rings. The van der Waals surface area contributed by atoms with Crippen molar-refractivity contribution >= 4 is 28.2 Å². The molecular weight excluding hydrogens is 384 g/mol. The third kappa shape index (κ3) is 2.72. The molecule has 1 fully saturated rings. The van der Waals surface area contributed by atoms with Crippen molar-refractivity contribution < 1.29 is 9.21 Å². The maximum Gasteiger partial charge on any atom is 0.266 e. The van der Waals surface area contributed by atoms with Gasteiger partial charge in [0.2, 0.25) is 0 Å². The molecule has 6 nitrogen and oxygen atoms in total. The van der Waals surface area contributed by atoms with Crippen molar-refractivity contribution in [1.29, 1.82) is 0 Å². The van der Waals surface area contributed by atoms with Crippen LogP contribution in [0.2, 0.25) is 0 Å². The molecule has 29 heavy (non-hydrogen) atoms. The van der Waals surface area contributed by atoms with Gasteiger partial charge in [0.1, 0.15) is 22.3 Å². The Bertz CT molecular complexity index is 1200. The molecule has 7 heteroatoms. The highest BCUT2D eigenvalue weighted by molar-refractivity contribution is 7.13. The van der Waals surface area contributed by atoms with Crippen LogP contribution in [-0.4, -0.2) is 32.3 Å². The number of fused-ring (bicyclic) bond motifs is 2. The summed E-state index contributed by atoms with van der Waals surface area (Å²) in [5.74, 6) is 1.31. The first-order valence-electron chi connectivity index (χ1n) is 9.98. The van der Waals surface area contributed by atoms with Crippen molar-refractivity contribution in [2.24, 2.45) is 0 Å². The zero-order chi connectivity index (χ0) is 19.5. The van der Waals surface area contributed by atoms with E-state index in [-0.39, 0.29) is 11.9 Å². The molecule has 4 heterocycles. The molecule has 1 N–H and O–H groups in total. The zero-order valence-electron chi connectivity index (χ0n) is 16.0. The summed E-state index contributed by atoms with van der Waals surface area (Å²) in [6.45, 7) is 2.56. The predicted molar refractivity (Wildman–Crippen MR) is 110 cm³/mol. The summed E-state index contributed by atoms with van der Waals surface area (Å²) in [7, 11) is 0. The fourth-order valence-electron chi connectivity index (χ4n) is 4.17. The lowest BCUT2D eigenvalue weighted by molar-refractivity contribution is 0.0677. The number of para-hydroxylation sites is 1. The van der Waals surface area contributed by atoms with Gasteiger partial charge in [-0.25, -0.2) is 9.97 Å². The average Bonchev–Trinajstić information content (AvgIpc) is 3.14. The van der Waals surface area contributed by atoms with Crippen molar-refractivity contribution in [2.45, 2.75) is 38.1 Å². The Morgan fingerprint density at radius 1 is 1.31 bits per heavy atom. The van der Waals surface area contributed by atoms with Crippen LogP contribution in [0, 0.1) is 6.92 Å². The maximum absolute atomic E-state index is 13.6. The van der Waals surface area contributed by atoms with Crippen molar-refractivity contribution in [3.05, 3.63) is 69.4 Å². The zero-order valence-corrected chi connectivity index (χ0v) is 16.8. The third-order valence-electron chi connectivity index (χ3n) is 5.83. The highest BCUT2D eigenvalue weighted by Gasteiger charge is 2.38. The van der Waals surface area contributed by atoms with E-state index in [0.717, 1.165) is 50.1 Å². The summed E-state index contributed by atoms with van der Waals surface area (Å²) in [6, 6.07) is 9.62. The first-order valence-corrected chi connectivity index (χ1v) is 10.8. The second-order valence-corrected chi connectivity index (χ2v) is 8.88. The Balaban J connectivity index is 1.44. The minimum absolute atomic E-state index is 0.0195. The van der Waals surface area contributed by atoms with Gasteiger partial charge in [-0.05, 0) is 31.9 Å². The molecule has 0 saturated heterocycles. The van der Waals surface area contributed by atoms with Crippen LogP contribution in [0.5, 0.6) is 0 Å². The van der Waals surface area contributed by atoms with Gasteiger partial charge in [0, 0.05) is 30.0 Å². The Hall–Kier alpha value is -2.93. The first-order chi connectivity index (χ1) is 14.2. The number of H-pyrrole nitrogens is 1. The van der Waals surface area contributed by atoms with Gasteiger partial charge in [-0.2, -0.15) is 0 Å². The molecule has 1 saturated carbocycles. The molecule has 0 spiro atoms. The maximum atomic E-state index is 13.6. The second-order valence-electron chi connectivity index (χ2n) is 7.84. The molecule has 1 aliphatic heterocycles. The van der Waals surface area contributed by atoms with Gasteiger partial charge in [-0.1, -0.05) is 18.2 Å². The van der Waals surface area contributed by atoms with Gasteiger partial charge in [0.15, 0.2) is 0 Å². The summed E-state index contributed by atoms with van der Waals surface area (Å²) < 4.78 is 6.17. The summed E-state index contributed by atoms with van der Waals surface area (Å²) in [5.41, 5.74) is 3.59. The topological polar surface area (TPSA) is 75.0 Å². The van der Waals surface area contributed by atoms with Crippen LogP contribution in [0.25, 0.3) is 11.0 Å². The number of nitrogens with zero attached hydrogens (tertiary/aromatic N) is 3. The minimum atomic E-state index is -0.337. The van der Waals surface area contributed by atoms with E-state index >= 15 is 0 Å². The highest BCUT2D eigenvalue weighted by atomic mass is 32.1. The number of hydrogen-bond donors (Lipinski definition) is 1. The van der Waals surface area contributed by atoms with Gasteiger partial charge in [-0.3, -0.25) is 4.79 Å². The van der Waals surface area contributed by atoms with Gasteiger partial charge < -0.3 is 14.3 Å². The van der Waals surface area contributed by atoms with Gasteiger partial charge >= 0.3 is 0 Å². The Morgan fingerprint density at radius 2 is 2.17 bits per heavy atom. The van der Waals surface area contributed by atoms with Crippen LogP contribution in [0.4, 0.5) is 0 Å². The number of nitrogens with one attached hydrogen (secondary N) is 1. The molecule has 0 bridgehead atoms. The second kappa shape index (κ2) is 6.29. The fourth-order valence-corrected chi connectivity index (χ4v) is 5.36. The number of thiazole rings is 1. The van der Waals surface area contributed by atoms with Crippen molar-refractivity contribution in [3.63, 3.8) is 0 Å². The number of aromatic amines is 1. The third-order valence-corrected chi connectivity index (χ3v) is 7.14. The number of carbonyl (C=O) groups excluding carboxylic acids is 1. The molecule has 0 unspecified atom stereocenters. The predicted octanol–water partition coefficient (Wildman–Crippen LogP) is 4.59. The van der Waals surface area contributed by atoms with Crippen molar-refractivity contribution in [2.75, 3.05) is 6.54 Å². The molecule has 1 aromatic carbocycles. The average molecular weight is 404 g/mol. The lowest BCUT2D eigenvalue weighted by atomic mass is 10.00. The van der Waals surface area contributed by atoms with E-state index in [1.807, 2.05) is 42.2 Å². The minimum Gasteiger partial charge on any atom is -0.458 e. The van der Waals surface area contributed by atoms with Crippen molar-refractivity contribution in [3.8, 4) is 0 Å². The number of benzene rings is 1. The first kappa shape index (κ1) is 17.0. The molecule has 146 valence electrons. The van der Waals surface area contributed by atoms with Crippen molar-refractivity contribution in [1.82, 2.24) is 19.9 Å². The van der Waals surface area contributed by atoms with Crippen LogP contribution < -0.4 is 0 Å². The van der Waals surface area contributed by atoms with E-state index in [2.05, 4.69) is 15.0 Å². The number of imidazole rings is 1.